The second kappa shape index (κ2) is 5.32. The van der Waals surface area contributed by atoms with E-state index in [1.807, 2.05) is 31.2 Å². The first kappa shape index (κ1) is 12.8. The summed E-state index contributed by atoms with van der Waals surface area (Å²) in [6.45, 7) is 1.93. The number of aryl methyl sites for hydroxylation is 1. The van der Waals surface area contributed by atoms with Crippen LogP contribution >= 0.6 is 23.4 Å². The maximum absolute atomic E-state index is 10.9. The molecule has 0 N–H and O–H groups in total. The third-order valence-corrected chi connectivity index (χ3v) is 3.67. The lowest BCUT2D eigenvalue weighted by atomic mass is 10.2. The molecule has 0 aliphatic rings. The van der Waals surface area contributed by atoms with Crippen molar-refractivity contribution in [3.05, 3.63) is 51.4 Å². The molecular weight excluding hydrogens is 274 g/mol. The minimum Gasteiger partial charge on any atom is -0.258 e. The van der Waals surface area contributed by atoms with Crippen molar-refractivity contribution in [2.75, 3.05) is 0 Å². The molecule has 1 aromatic heterocycles. The molecule has 0 spiro atoms. The summed E-state index contributed by atoms with van der Waals surface area (Å²) in [7, 11) is 0. The molecule has 0 bridgehead atoms. The second-order valence-corrected chi connectivity index (χ2v) is 4.83. The van der Waals surface area contributed by atoms with Crippen molar-refractivity contribution in [3.63, 3.8) is 0 Å². The highest BCUT2D eigenvalue weighted by molar-refractivity contribution is 7.99. The van der Waals surface area contributed by atoms with Gasteiger partial charge in [-0.1, -0.05) is 41.6 Å². The van der Waals surface area contributed by atoms with Gasteiger partial charge in [0, 0.05) is 4.90 Å². The molecular formula is C11H8ClN3O2S. The smallest absolute Gasteiger partial charge is 0.258 e. The normalized spacial score (nSPS) is 10.3. The van der Waals surface area contributed by atoms with Gasteiger partial charge in [-0.05, 0) is 18.6 Å². The lowest BCUT2D eigenvalue weighted by Crippen LogP contribution is -1.96. The topological polar surface area (TPSA) is 68.9 Å². The number of hydrogen-bond acceptors (Lipinski definition) is 5. The predicted octanol–water partition coefficient (Wildman–Crippen LogP) is 3.50. The molecule has 0 atom stereocenters. The van der Waals surface area contributed by atoms with Crippen LogP contribution < -0.4 is 0 Å². The number of nitro groups is 1. The summed E-state index contributed by atoms with van der Waals surface area (Å²) in [5.74, 6) is 0. The molecule has 18 heavy (non-hydrogen) atoms. The second-order valence-electron chi connectivity index (χ2n) is 3.44. The average Bonchev–Trinajstić information content (AvgIpc) is 2.31. The lowest BCUT2D eigenvalue weighted by molar-refractivity contribution is -0.388. The fourth-order valence-corrected chi connectivity index (χ4v) is 2.56. The minimum atomic E-state index is -0.567. The van der Waals surface area contributed by atoms with Crippen molar-refractivity contribution < 1.29 is 4.92 Å². The Morgan fingerprint density at radius 1 is 1.33 bits per heavy atom. The summed E-state index contributed by atoms with van der Waals surface area (Å²) in [6.07, 6.45) is 1.22. The van der Waals surface area contributed by atoms with E-state index in [1.165, 1.54) is 18.1 Å². The first-order chi connectivity index (χ1) is 8.59. The molecule has 7 heteroatoms. The molecule has 1 aromatic carbocycles. The molecule has 0 aliphatic heterocycles. The Morgan fingerprint density at radius 2 is 2.06 bits per heavy atom. The highest BCUT2D eigenvalue weighted by atomic mass is 35.5. The van der Waals surface area contributed by atoms with Crippen molar-refractivity contribution in [1.29, 1.82) is 0 Å². The van der Waals surface area contributed by atoms with E-state index >= 15 is 0 Å². The average molecular weight is 282 g/mol. The molecule has 2 rings (SSSR count). The van der Waals surface area contributed by atoms with Crippen LogP contribution in [0.15, 0.2) is 40.5 Å². The summed E-state index contributed by atoms with van der Waals surface area (Å²) in [5.41, 5.74) is 0.763. The van der Waals surface area contributed by atoms with Gasteiger partial charge in [0.1, 0.15) is 6.33 Å². The number of hydrogen-bond donors (Lipinski definition) is 0. The van der Waals surface area contributed by atoms with Gasteiger partial charge in [0.25, 0.3) is 0 Å². The highest BCUT2D eigenvalue weighted by Crippen LogP contribution is 2.37. The highest BCUT2D eigenvalue weighted by Gasteiger charge is 2.22. The van der Waals surface area contributed by atoms with Crippen LogP contribution in [0.1, 0.15) is 5.56 Å². The molecule has 0 saturated heterocycles. The van der Waals surface area contributed by atoms with Gasteiger partial charge in [-0.25, -0.2) is 9.97 Å². The van der Waals surface area contributed by atoms with Crippen molar-refractivity contribution in [2.24, 2.45) is 0 Å². The Labute approximate surface area is 112 Å². The van der Waals surface area contributed by atoms with Crippen LogP contribution in [-0.4, -0.2) is 14.9 Å². The van der Waals surface area contributed by atoms with Crippen LogP contribution in [0.25, 0.3) is 0 Å². The van der Waals surface area contributed by atoms with Gasteiger partial charge < -0.3 is 0 Å². The molecule has 2 aromatic rings. The Kier molecular flexibility index (Phi) is 3.78. The fraction of sp³-hybridized carbons (Fsp3) is 0.0909. The molecule has 0 aliphatic carbocycles. The minimum absolute atomic E-state index is 0.147. The molecule has 0 radical (unpaired) electrons. The Bertz CT molecular complexity index is 607. The summed E-state index contributed by atoms with van der Waals surface area (Å²) >= 11 is 6.93. The SMILES string of the molecule is Cc1ccccc1Sc1ncnc(Cl)c1[N+](=O)[O-]. The largest absolute Gasteiger partial charge is 0.338 e. The maximum atomic E-state index is 10.9. The quantitative estimate of drug-likeness (QED) is 0.489. The molecule has 0 unspecified atom stereocenters. The van der Waals surface area contributed by atoms with E-state index in [-0.39, 0.29) is 15.9 Å². The van der Waals surface area contributed by atoms with E-state index in [9.17, 15) is 10.1 Å². The van der Waals surface area contributed by atoms with Gasteiger partial charge in [-0.15, -0.1) is 0 Å². The molecule has 5 nitrogen and oxygen atoms in total. The zero-order chi connectivity index (χ0) is 13.1. The van der Waals surface area contributed by atoms with Crippen LogP contribution in [0.3, 0.4) is 0 Å². The van der Waals surface area contributed by atoms with Crippen molar-refractivity contribution in [1.82, 2.24) is 9.97 Å². The van der Waals surface area contributed by atoms with Crippen LogP contribution in [-0.2, 0) is 0 Å². The van der Waals surface area contributed by atoms with E-state index in [4.69, 9.17) is 11.6 Å². The fourth-order valence-electron chi connectivity index (χ4n) is 1.35. The monoisotopic (exact) mass is 281 g/mol. The van der Waals surface area contributed by atoms with Gasteiger partial charge in [-0.3, -0.25) is 10.1 Å². The van der Waals surface area contributed by atoms with Crippen LogP contribution in [0, 0.1) is 17.0 Å². The van der Waals surface area contributed by atoms with Crippen molar-refractivity contribution >= 4 is 29.1 Å². The van der Waals surface area contributed by atoms with Crippen LogP contribution in [0.4, 0.5) is 5.69 Å². The Morgan fingerprint density at radius 3 is 2.72 bits per heavy atom. The van der Waals surface area contributed by atoms with Gasteiger partial charge in [-0.2, -0.15) is 0 Å². The van der Waals surface area contributed by atoms with Gasteiger partial charge >= 0.3 is 5.69 Å². The predicted molar refractivity (Wildman–Crippen MR) is 69.0 cm³/mol. The molecule has 0 amide bonds. The van der Waals surface area contributed by atoms with Crippen LogP contribution in [0.2, 0.25) is 5.15 Å². The maximum Gasteiger partial charge on any atom is 0.338 e. The van der Waals surface area contributed by atoms with Gasteiger partial charge in [0.05, 0.1) is 4.92 Å². The number of benzene rings is 1. The van der Waals surface area contributed by atoms with Crippen molar-refractivity contribution in [3.8, 4) is 0 Å². The number of aromatic nitrogens is 2. The van der Waals surface area contributed by atoms with Crippen LogP contribution in [0.5, 0.6) is 0 Å². The number of rotatable bonds is 3. The third-order valence-electron chi connectivity index (χ3n) is 2.23. The number of halogens is 1. The summed E-state index contributed by atoms with van der Waals surface area (Å²) in [5, 5.41) is 11.0. The summed E-state index contributed by atoms with van der Waals surface area (Å²) < 4.78 is 0. The van der Waals surface area contributed by atoms with Crippen molar-refractivity contribution in [2.45, 2.75) is 16.8 Å². The molecule has 92 valence electrons. The van der Waals surface area contributed by atoms with Gasteiger partial charge in [0.2, 0.25) is 5.15 Å². The first-order valence-corrected chi connectivity index (χ1v) is 6.17. The van der Waals surface area contributed by atoms with E-state index in [1.54, 1.807) is 0 Å². The van der Waals surface area contributed by atoms with Gasteiger partial charge in [0.15, 0.2) is 5.03 Å². The lowest BCUT2D eigenvalue weighted by Gasteiger charge is -2.05. The summed E-state index contributed by atoms with van der Waals surface area (Å²) in [6, 6.07) is 7.57. The van der Waals surface area contributed by atoms with E-state index in [2.05, 4.69) is 9.97 Å². The zero-order valence-corrected chi connectivity index (χ0v) is 10.9. The molecule has 0 fully saturated rings. The van der Waals surface area contributed by atoms with E-state index in [0.717, 1.165) is 10.5 Å². The third kappa shape index (κ3) is 2.60. The zero-order valence-electron chi connectivity index (χ0n) is 9.33. The molecule has 1 heterocycles. The standard InChI is InChI=1S/C11H8ClN3O2S/c1-7-4-2-3-5-8(7)18-11-9(15(16)17)10(12)13-6-14-11/h2-6H,1H3. The van der Waals surface area contributed by atoms with E-state index < -0.39 is 4.92 Å². The molecule has 0 saturated carbocycles. The Hall–Kier alpha value is -1.66. The Balaban J connectivity index is 2.44. The van der Waals surface area contributed by atoms with E-state index in [0.29, 0.717) is 0 Å². The number of nitrogens with zero attached hydrogens (tertiary/aromatic N) is 3. The summed E-state index contributed by atoms with van der Waals surface area (Å²) in [4.78, 5) is 18.8. The first-order valence-electron chi connectivity index (χ1n) is 4.98.